The second kappa shape index (κ2) is 5.92. The predicted octanol–water partition coefficient (Wildman–Crippen LogP) is 2.83. The Balaban J connectivity index is 2.27. The zero-order chi connectivity index (χ0) is 16.3. The summed E-state index contributed by atoms with van der Waals surface area (Å²) in [4.78, 5) is 26.1. The van der Waals surface area contributed by atoms with Gasteiger partial charge in [-0.2, -0.15) is 0 Å². The molecule has 0 fully saturated rings. The van der Waals surface area contributed by atoms with E-state index in [0.29, 0.717) is 5.69 Å². The number of hydrogen-bond acceptors (Lipinski definition) is 3. The smallest absolute Gasteiger partial charge is 0.404 e. The maximum absolute atomic E-state index is 12.3. The summed E-state index contributed by atoms with van der Waals surface area (Å²) in [6.07, 6.45) is -4.89. The van der Waals surface area contributed by atoms with Crippen LogP contribution in [-0.4, -0.2) is 17.3 Å². The van der Waals surface area contributed by atoms with Gasteiger partial charge in [-0.3, -0.25) is 9.59 Å². The van der Waals surface area contributed by atoms with Gasteiger partial charge in [0, 0.05) is 5.69 Å². The van der Waals surface area contributed by atoms with Crippen LogP contribution in [0.15, 0.2) is 41.2 Å². The van der Waals surface area contributed by atoms with Crippen LogP contribution in [0.2, 0.25) is 0 Å². The Morgan fingerprint density at radius 1 is 1.18 bits per heavy atom. The standard InChI is InChI=1S/C14H11F3N2O3/c1-8-6-7-9(12(20)18-8)13(21)19-10-4-2-3-5-11(10)22-14(15,16)17/h2-7H,1H3,(H,18,20)(H,19,21). The third-order valence-corrected chi connectivity index (χ3v) is 2.66. The molecule has 1 aromatic heterocycles. The molecule has 1 aromatic carbocycles. The molecule has 0 aliphatic carbocycles. The number of para-hydroxylation sites is 2. The molecule has 5 nitrogen and oxygen atoms in total. The number of nitrogens with one attached hydrogen (secondary N) is 2. The topological polar surface area (TPSA) is 71.2 Å². The van der Waals surface area contributed by atoms with Gasteiger partial charge in [0.2, 0.25) is 0 Å². The quantitative estimate of drug-likeness (QED) is 0.915. The van der Waals surface area contributed by atoms with Gasteiger partial charge in [-0.25, -0.2) is 0 Å². The lowest BCUT2D eigenvalue weighted by Crippen LogP contribution is -2.24. The monoisotopic (exact) mass is 312 g/mol. The lowest BCUT2D eigenvalue weighted by molar-refractivity contribution is -0.274. The number of aromatic amines is 1. The van der Waals surface area contributed by atoms with Crippen molar-refractivity contribution in [3.05, 3.63) is 58.0 Å². The number of alkyl halides is 3. The van der Waals surface area contributed by atoms with Gasteiger partial charge in [0.05, 0.1) is 5.69 Å². The molecule has 0 atom stereocenters. The number of H-pyrrole nitrogens is 1. The summed E-state index contributed by atoms with van der Waals surface area (Å²) < 4.78 is 40.7. The van der Waals surface area contributed by atoms with E-state index >= 15 is 0 Å². The first kappa shape index (κ1) is 15.6. The van der Waals surface area contributed by atoms with Crippen LogP contribution >= 0.6 is 0 Å². The van der Waals surface area contributed by atoms with Crippen molar-refractivity contribution in [3.8, 4) is 5.75 Å². The molecule has 0 spiro atoms. The summed E-state index contributed by atoms with van der Waals surface area (Å²) in [5.74, 6) is -1.40. The molecule has 0 aliphatic rings. The third-order valence-electron chi connectivity index (χ3n) is 2.66. The van der Waals surface area contributed by atoms with E-state index in [1.807, 2.05) is 0 Å². The molecule has 1 amide bonds. The van der Waals surface area contributed by atoms with Gasteiger partial charge in [-0.15, -0.1) is 13.2 Å². The van der Waals surface area contributed by atoms with Crippen molar-refractivity contribution in [2.45, 2.75) is 13.3 Å². The number of halogens is 3. The van der Waals surface area contributed by atoms with Crippen LogP contribution in [0.5, 0.6) is 5.75 Å². The molecule has 22 heavy (non-hydrogen) atoms. The predicted molar refractivity (Wildman–Crippen MR) is 72.9 cm³/mol. The molecule has 1 heterocycles. The van der Waals surface area contributed by atoms with Crippen LogP contribution in [0.1, 0.15) is 16.1 Å². The van der Waals surface area contributed by atoms with Gasteiger partial charge in [-0.1, -0.05) is 12.1 Å². The number of hydrogen-bond donors (Lipinski definition) is 2. The highest BCUT2D eigenvalue weighted by molar-refractivity contribution is 6.04. The van der Waals surface area contributed by atoms with Crippen LogP contribution in [0.4, 0.5) is 18.9 Å². The number of benzene rings is 1. The van der Waals surface area contributed by atoms with Crippen molar-refractivity contribution < 1.29 is 22.7 Å². The maximum atomic E-state index is 12.3. The summed E-state index contributed by atoms with van der Waals surface area (Å²) in [5.41, 5.74) is -0.480. The fraction of sp³-hybridized carbons (Fsp3) is 0.143. The highest BCUT2D eigenvalue weighted by Gasteiger charge is 2.32. The van der Waals surface area contributed by atoms with E-state index in [4.69, 9.17) is 0 Å². The second-order valence-electron chi connectivity index (χ2n) is 4.38. The van der Waals surface area contributed by atoms with E-state index in [2.05, 4.69) is 15.0 Å². The Kier molecular flexibility index (Phi) is 4.20. The number of rotatable bonds is 3. The second-order valence-corrected chi connectivity index (χ2v) is 4.38. The third kappa shape index (κ3) is 3.87. The lowest BCUT2D eigenvalue weighted by Gasteiger charge is -2.13. The fourth-order valence-corrected chi connectivity index (χ4v) is 1.72. The SMILES string of the molecule is Cc1ccc(C(=O)Nc2ccccc2OC(F)(F)F)c(=O)[nH]1. The minimum Gasteiger partial charge on any atom is -0.404 e. The van der Waals surface area contributed by atoms with Crippen molar-refractivity contribution in [3.63, 3.8) is 0 Å². The Morgan fingerprint density at radius 3 is 2.50 bits per heavy atom. The van der Waals surface area contributed by atoms with Crippen LogP contribution in [0.25, 0.3) is 0 Å². The van der Waals surface area contributed by atoms with Crippen LogP contribution < -0.4 is 15.6 Å². The fourth-order valence-electron chi connectivity index (χ4n) is 1.72. The van der Waals surface area contributed by atoms with Gasteiger partial charge < -0.3 is 15.0 Å². The zero-order valence-corrected chi connectivity index (χ0v) is 11.3. The number of aryl methyl sites for hydroxylation is 1. The number of pyridine rings is 1. The summed E-state index contributed by atoms with van der Waals surface area (Å²) in [7, 11) is 0. The molecule has 0 unspecified atom stereocenters. The number of ether oxygens (including phenoxy) is 1. The molecular formula is C14H11F3N2O3. The van der Waals surface area contributed by atoms with E-state index in [-0.39, 0.29) is 11.3 Å². The van der Waals surface area contributed by atoms with Gasteiger partial charge in [0.25, 0.3) is 11.5 Å². The summed E-state index contributed by atoms with van der Waals surface area (Å²) in [6.45, 7) is 1.63. The molecule has 0 saturated heterocycles. The molecule has 2 N–H and O–H groups in total. The Hall–Kier alpha value is -2.77. The highest BCUT2D eigenvalue weighted by atomic mass is 19.4. The van der Waals surface area contributed by atoms with E-state index in [1.54, 1.807) is 6.92 Å². The van der Waals surface area contributed by atoms with E-state index in [0.717, 1.165) is 6.07 Å². The minimum atomic E-state index is -4.89. The Morgan fingerprint density at radius 2 is 1.86 bits per heavy atom. The van der Waals surface area contributed by atoms with Crippen molar-refractivity contribution in [1.29, 1.82) is 0 Å². The van der Waals surface area contributed by atoms with E-state index in [9.17, 15) is 22.8 Å². The average molecular weight is 312 g/mol. The molecule has 2 aromatic rings. The molecule has 2 rings (SSSR count). The number of anilines is 1. The molecular weight excluding hydrogens is 301 g/mol. The summed E-state index contributed by atoms with van der Waals surface area (Å²) >= 11 is 0. The van der Waals surface area contributed by atoms with Crippen LogP contribution in [-0.2, 0) is 0 Å². The Labute approximate surface area is 122 Å². The minimum absolute atomic E-state index is 0.190. The van der Waals surface area contributed by atoms with Crippen LogP contribution in [0.3, 0.4) is 0 Å². The average Bonchev–Trinajstić information content (AvgIpc) is 2.39. The normalized spacial score (nSPS) is 11.1. The summed E-state index contributed by atoms with van der Waals surface area (Å²) in [6, 6.07) is 7.85. The number of carbonyl (C=O) groups excluding carboxylic acids is 1. The van der Waals surface area contributed by atoms with Crippen LogP contribution in [0, 0.1) is 6.92 Å². The molecule has 0 radical (unpaired) electrons. The molecule has 8 heteroatoms. The van der Waals surface area contributed by atoms with Crippen molar-refractivity contribution in [2.75, 3.05) is 5.32 Å². The van der Waals surface area contributed by atoms with Gasteiger partial charge >= 0.3 is 6.36 Å². The number of aromatic nitrogens is 1. The van der Waals surface area contributed by atoms with Gasteiger partial charge in [0.15, 0.2) is 5.75 Å². The first-order valence-corrected chi connectivity index (χ1v) is 6.12. The Bertz CT molecular complexity index is 753. The number of carbonyl (C=O) groups is 1. The highest BCUT2D eigenvalue weighted by Crippen LogP contribution is 2.30. The number of amides is 1. The van der Waals surface area contributed by atoms with E-state index < -0.39 is 23.6 Å². The first-order valence-electron chi connectivity index (χ1n) is 6.12. The molecule has 0 saturated carbocycles. The lowest BCUT2D eigenvalue weighted by atomic mass is 10.2. The molecule has 0 aliphatic heterocycles. The first-order chi connectivity index (χ1) is 10.3. The van der Waals surface area contributed by atoms with E-state index in [1.165, 1.54) is 30.3 Å². The van der Waals surface area contributed by atoms with Gasteiger partial charge in [0.1, 0.15) is 5.56 Å². The van der Waals surface area contributed by atoms with Crippen molar-refractivity contribution in [2.24, 2.45) is 0 Å². The molecule has 0 bridgehead atoms. The summed E-state index contributed by atoms with van der Waals surface area (Å²) in [5, 5.41) is 2.23. The zero-order valence-electron chi connectivity index (χ0n) is 11.3. The van der Waals surface area contributed by atoms with Crippen molar-refractivity contribution in [1.82, 2.24) is 4.98 Å². The van der Waals surface area contributed by atoms with Gasteiger partial charge in [-0.05, 0) is 31.2 Å². The van der Waals surface area contributed by atoms with Crippen molar-refractivity contribution >= 4 is 11.6 Å². The maximum Gasteiger partial charge on any atom is 0.573 e. The largest absolute Gasteiger partial charge is 0.573 e. The molecule has 116 valence electrons.